The third kappa shape index (κ3) is 2.92. The molecule has 15 heavy (non-hydrogen) atoms. The zero-order valence-corrected chi connectivity index (χ0v) is 10.0. The van der Waals surface area contributed by atoms with E-state index >= 15 is 0 Å². The summed E-state index contributed by atoms with van der Waals surface area (Å²) in [5, 5.41) is 3.35. The smallest absolute Gasteiger partial charge is 0.221 e. The number of carbonyl (C=O) groups is 1. The van der Waals surface area contributed by atoms with Crippen LogP contribution in [0.25, 0.3) is 0 Å². The first-order valence-electron chi connectivity index (χ1n) is 5.65. The minimum atomic E-state index is -0.227. The Hall–Kier alpha value is -0.610. The fourth-order valence-corrected chi connectivity index (χ4v) is 1.99. The number of nitrogens with zero attached hydrogens (tertiary/aromatic N) is 1. The van der Waals surface area contributed by atoms with Crippen LogP contribution in [-0.4, -0.2) is 43.5 Å². The fraction of sp³-hybridized carbons (Fsp3) is 0.909. The van der Waals surface area contributed by atoms with Crippen molar-refractivity contribution in [2.24, 2.45) is 11.7 Å². The first kappa shape index (κ1) is 12.5. The highest BCUT2D eigenvalue weighted by Crippen LogP contribution is 2.35. The Balaban J connectivity index is 2.27. The number of primary amides is 1. The van der Waals surface area contributed by atoms with Crippen LogP contribution in [0.15, 0.2) is 0 Å². The van der Waals surface area contributed by atoms with Crippen LogP contribution >= 0.6 is 0 Å². The number of carbonyl (C=O) groups excluding carboxylic acids is 1. The highest BCUT2D eigenvalue weighted by Gasteiger charge is 2.38. The van der Waals surface area contributed by atoms with Gasteiger partial charge in [0.05, 0.1) is 0 Å². The Morgan fingerprint density at radius 1 is 1.53 bits per heavy atom. The molecule has 1 rings (SSSR count). The van der Waals surface area contributed by atoms with Crippen LogP contribution in [0.4, 0.5) is 0 Å². The topological polar surface area (TPSA) is 58.4 Å². The zero-order chi connectivity index (χ0) is 11.5. The third-order valence-corrected chi connectivity index (χ3v) is 3.62. The van der Waals surface area contributed by atoms with Crippen LogP contribution < -0.4 is 11.1 Å². The molecule has 1 atom stereocenters. The minimum absolute atomic E-state index is 0.0794. The molecule has 1 aliphatic carbocycles. The second-order valence-electron chi connectivity index (χ2n) is 4.91. The predicted molar refractivity (Wildman–Crippen MR) is 61.5 cm³/mol. The molecule has 4 nitrogen and oxygen atoms in total. The van der Waals surface area contributed by atoms with Crippen LogP contribution in [-0.2, 0) is 4.79 Å². The van der Waals surface area contributed by atoms with E-state index in [9.17, 15) is 4.79 Å². The SMILES string of the molecule is CC(CNCC1(N(C)C)CCC1)C(N)=O. The maximum atomic E-state index is 10.8. The zero-order valence-electron chi connectivity index (χ0n) is 10.0. The summed E-state index contributed by atoms with van der Waals surface area (Å²) in [6.45, 7) is 3.50. The summed E-state index contributed by atoms with van der Waals surface area (Å²) in [5.41, 5.74) is 5.52. The maximum Gasteiger partial charge on any atom is 0.221 e. The monoisotopic (exact) mass is 213 g/mol. The van der Waals surface area contributed by atoms with Crippen molar-refractivity contribution in [3.8, 4) is 0 Å². The molecule has 1 saturated carbocycles. The van der Waals surface area contributed by atoms with Crippen molar-refractivity contribution in [3.05, 3.63) is 0 Å². The minimum Gasteiger partial charge on any atom is -0.369 e. The van der Waals surface area contributed by atoms with Crippen LogP contribution in [0.3, 0.4) is 0 Å². The van der Waals surface area contributed by atoms with E-state index in [0.29, 0.717) is 12.1 Å². The van der Waals surface area contributed by atoms with E-state index in [2.05, 4.69) is 24.3 Å². The average molecular weight is 213 g/mol. The number of nitrogens with one attached hydrogen (secondary N) is 1. The van der Waals surface area contributed by atoms with Gasteiger partial charge in [0, 0.05) is 24.5 Å². The summed E-state index contributed by atoms with van der Waals surface area (Å²) in [4.78, 5) is 13.1. The Bertz CT molecular complexity index is 224. The highest BCUT2D eigenvalue weighted by molar-refractivity contribution is 5.76. The molecule has 4 heteroatoms. The Morgan fingerprint density at radius 2 is 2.13 bits per heavy atom. The molecular weight excluding hydrogens is 190 g/mol. The van der Waals surface area contributed by atoms with Gasteiger partial charge in [-0.1, -0.05) is 6.92 Å². The Kier molecular flexibility index (Phi) is 4.11. The van der Waals surface area contributed by atoms with Crippen molar-refractivity contribution in [3.63, 3.8) is 0 Å². The third-order valence-electron chi connectivity index (χ3n) is 3.62. The summed E-state index contributed by atoms with van der Waals surface area (Å²) in [7, 11) is 4.25. The lowest BCUT2D eigenvalue weighted by Gasteiger charge is -2.47. The lowest BCUT2D eigenvalue weighted by atomic mass is 9.75. The van der Waals surface area contributed by atoms with Crippen LogP contribution in [0, 0.1) is 5.92 Å². The molecule has 1 amide bonds. The number of amides is 1. The lowest BCUT2D eigenvalue weighted by Crippen LogP contribution is -2.57. The second-order valence-corrected chi connectivity index (χ2v) is 4.91. The fourth-order valence-electron chi connectivity index (χ4n) is 1.99. The maximum absolute atomic E-state index is 10.8. The van der Waals surface area contributed by atoms with E-state index in [1.165, 1.54) is 19.3 Å². The van der Waals surface area contributed by atoms with E-state index < -0.39 is 0 Å². The number of hydrogen-bond acceptors (Lipinski definition) is 3. The van der Waals surface area contributed by atoms with Crippen molar-refractivity contribution in [2.75, 3.05) is 27.2 Å². The number of nitrogens with two attached hydrogens (primary N) is 1. The van der Waals surface area contributed by atoms with E-state index in [4.69, 9.17) is 5.73 Å². The molecular formula is C11H23N3O. The van der Waals surface area contributed by atoms with Crippen molar-refractivity contribution in [1.82, 2.24) is 10.2 Å². The molecule has 1 unspecified atom stereocenters. The lowest BCUT2D eigenvalue weighted by molar-refractivity contribution is -0.121. The molecule has 0 bridgehead atoms. The van der Waals surface area contributed by atoms with Gasteiger partial charge in [0.2, 0.25) is 5.91 Å². The Labute approximate surface area is 92.2 Å². The molecule has 0 aromatic rings. The molecule has 0 aliphatic heterocycles. The predicted octanol–water partition coefficient (Wildman–Crippen LogP) is 0.182. The van der Waals surface area contributed by atoms with Gasteiger partial charge in [0.1, 0.15) is 0 Å². The standard InChI is InChI=1S/C11H23N3O/c1-9(10(12)15)7-13-8-11(14(2)3)5-4-6-11/h9,13H,4-8H2,1-3H3,(H2,12,15). The van der Waals surface area contributed by atoms with Gasteiger partial charge in [-0.05, 0) is 33.4 Å². The van der Waals surface area contributed by atoms with Gasteiger partial charge < -0.3 is 16.0 Å². The quantitative estimate of drug-likeness (QED) is 0.662. The highest BCUT2D eigenvalue weighted by atomic mass is 16.1. The van der Waals surface area contributed by atoms with Crippen molar-refractivity contribution in [1.29, 1.82) is 0 Å². The van der Waals surface area contributed by atoms with Crippen molar-refractivity contribution >= 4 is 5.91 Å². The second kappa shape index (κ2) is 4.94. The van der Waals surface area contributed by atoms with E-state index in [1.807, 2.05) is 6.92 Å². The van der Waals surface area contributed by atoms with E-state index in [1.54, 1.807) is 0 Å². The molecule has 0 radical (unpaired) electrons. The average Bonchev–Trinajstić information content (AvgIpc) is 2.08. The molecule has 1 aliphatic rings. The number of rotatable bonds is 6. The van der Waals surface area contributed by atoms with Crippen molar-refractivity contribution in [2.45, 2.75) is 31.7 Å². The molecule has 0 saturated heterocycles. The van der Waals surface area contributed by atoms with Gasteiger partial charge in [-0.2, -0.15) is 0 Å². The summed E-state index contributed by atoms with van der Waals surface area (Å²) in [5.74, 6) is -0.306. The first-order chi connectivity index (χ1) is 6.98. The number of hydrogen-bond donors (Lipinski definition) is 2. The van der Waals surface area contributed by atoms with Crippen LogP contribution in [0.1, 0.15) is 26.2 Å². The molecule has 3 N–H and O–H groups in total. The normalized spacial score (nSPS) is 21.1. The van der Waals surface area contributed by atoms with Gasteiger partial charge in [-0.3, -0.25) is 4.79 Å². The summed E-state index contributed by atoms with van der Waals surface area (Å²) >= 11 is 0. The van der Waals surface area contributed by atoms with Crippen LogP contribution in [0.5, 0.6) is 0 Å². The summed E-state index contributed by atoms with van der Waals surface area (Å²) < 4.78 is 0. The van der Waals surface area contributed by atoms with E-state index in [0.717, 1.165) is 6.54 Å². The summed E-state index contributed by atoms with van der Waals surface area (Å²) in [6, 6.07) is 0. The molecule has 0 heterocycles. The molecule has 1 fully saturated rings. The van der Waals surface area contributed by atoms with Gasteiger partial charge in [0.15, 0.2) is 0 Å². The van der Waals surface area contributed by atoms with Gasteiger partial charge in [-0.25, -0.2) is 0 Å². The van der Waals surface area contributed by atoms with E-state index in [-0.39, 0.29) is 11.8 Å². The molecule has 0 aromatic carbocycles. The largest absolute Gasteiger partial charge is 0.369 e. The molecule has 88 valence electrons. The Morgan fingerprint density at radius 3 is 2.47 bits per heavy atom. The summed E-state index contributed by atoms with van der Waals surface area (Å²) in [6.07, 6.45) is 3.81. The first-order valence-corrected chi connectivity index (χ1v) is 5.65. The van der Waals surface area contributed by atoms with Crippen LogP contribution in [0.2, 0.25) is 0 Å². The number of likely N-dealkylation sites (N-methyl/N-ethyl adjacent to an activating group) is 1. The van der Waals surface area contributed by atoms with Crippen molar-refractivity contribution < 1.29 is 4.79 Å². The van der Waals surface area contributed by atoms with Gasteiger partial charge in [0.25, 0.3) is 0 Å². The molecule has 0 aromatic heterocycles. The van der Waals surface area contributed by atoms with Gasteiger partial charge in [-0.15, -0.1) is 0 Å². The molecule has 0 spiro atoms. The van der Waals surface area contributed by atoms with Gasteiger partial charge >= 0.3 is 0 Å².